The molecule has 1 heterocycles. The van der Waals surface area contributed by atoms with Gasteiger partial charge in [-0.1, -0.05) is 0 Å². The molecule has 0 unspecified atom stereocenters. The van der Waals surface area contributed by atoms with Crippen LogP contribution in [0.5, 0.6) is 0 Å². The average molecular weight is 182 g/mol. The molecule has 0 aromatic rings. The van der Waals surface area contributed by atoms with E-state index in [9.17, 15) is 0 Å². The van der Waals surface area contributed by atoms with E-state index in [2.05, 4.69) is 11.9 Å². The summed E-state index contributed by atoms with van der Waals surface area (Å²) >= 11 is 0. The first-order valence-corrected chi connectivity index (χ1v) is 5.65. The molecular formula is C11H22N2. The highest BCUT2D eigenvalue weighted by Crippen LogP contribution is 2.38. The molecule has 0 aromatic carbocycles. The van der Waals surface area contributed by atoms with E-state index in [1.165, 1.54) is 51.6 Å². The van der Waals surface area contributed by atoms with Gasteiger partial charge in [-0.3, -0.25) is 0 Å². The Bertz CT molecular complexity index is 167. The Kier molecular flexibility index (Phi) is 2.61. The molecule has 0 spiro atoms. The molecule has 2 rings (SSSR count). The van der Waals surface area contributed by atoms with Gasteiger partial charge in [0.2, 0.25) is 0 Å². The second kappa shape index (κ2) is 3.58. The number of nitrogens with zero attached hydrogens (tertiary/aromatic N) is 1. The van der Waals surface area contributed by atoms with Crippen molar-refractivity contribution in [3.8, 4) is 0 Å². The van der Waals surface area contributed by atoms with Crippen molar-refractivity contribution in [1.29, 1.82) is 0 Å². The first-order valence-electron chi connectivity index (χ1n) is 5.65. The molecule has 1 saturated heterocycles. The largest absolute Gasteiger partial charge is 0.325 e. The van der Waals surface area contributed by atoms with Crippen molar-refractivity contribution in [2.75, 3.05) is 20.1 Å². The molecule has 1 saturated carbocycles. The van der Waals surface area contributed by atoms with Crippen molar-refractivity contribution in [2.24, 2.45) is 11.7 Å². The molecule has 0 bridgehead atoms. The third-order valence-corrected chi connectivity index (χ3v) is 3.78. The number of rotatable bonds is 3. The molecule has 0 radical (unpaired) electrons. The highest BCUT2D eigenvalue weighted by atomic mass is 15.1. The standard InChI is InChI=1S/C11H22N2/c1-13-8-3-10(4-9-13)2-5-11(12)6-7-11/h10H,2-9,12H2,1H3. The van der Waals surface area contributed by atoms with Crippen LogP contribution < -0.4 is 5.73 Å². The first-order chi connectivity index (χ1) is 6.18. The predicted molar refractivity (Wildman–Crippen MR) is 55.6 cm³/mol. The Morgan fingerprint density at radius 3 is 2.46 bits per heavy atom. The number of likely N-dealkylation sites (tertiary alicyclic amines) is 1. The van der Waals surface area contributed by atoms with Gasteiger partial charge in [-0.25, -0.2) is 0 Å². The topological polar surface area (TPSA) is 29.3 Å². The molecule has 13 heavy (non-hydrogen) atoms. The zero-order valence-electron chi connectivity index (χ0n) is 8.76. The summed E-state index contributed by atoms with van der Waals surface area (Å²) in [5.74, 6) is 0.970. The Morgan fingerprint density at radius 2 is 1.92 bits per heavy atom. The SMILES string of the molecule is CN1CCC(CCC2(N)CC2)CC1. The smallest absolute Gasteiger partial charge is 0.0155 e. The van der Waals surface area contributed by atoms with Crippen LogP contribution in [-0.4, -0.2) is 30.6 Å². The zero-order chi connectivity index (χ0) is 9.31. The second-order valence-electron chi connectivity index (χ2n) is 5.15. The molecular weight excluding hydrogens is 160 g/mol. The molecule has 2 heteroatoms. The Balaban J connectivity index is 1.65. The van der Waals surface area contributed by atoms with Gasteiger partial charge in [0.25, 0.3) is 0 Å². The minimum atomic E-state index is 0.281. The molecule has 76 valence electrons. The van der Waals surface area contributed by atoms with E-state index >= 15 is 0 Å². The number of piperidine rings is 1. The monoisotopic (exact) mass is 182 g/mol. The molecule has 0 aromatic heterocycles. The summed E-state index contributed by atoms with van der Waals surface area (Å²) in [6, 6.07) is 0. The van der Waals surface area contributed by atoms with Gasteiger partial charge in [0.15, 0.2) is 0 Å². The van der Waals surface area contributed by atoms with Crippen LogP contribution in [0.1, 0.15) is 38.5 Å². The highest BCUT2D eigenvalue weighted by Gasteiger charge is 2.37. The fraction of sp³-hybridized carbons (Fsp3) is 1.00. The predicted octanol–water partition coefficient (Wildman–Crippen LogP) is 1.60. The highest BCUT2D eigenvalue weighted by molar-refractivity contribution is 4.98. The Labute approximate surface area is 81.5 Å². The van der Waals surface area contributed by atoms with Crippen LogP contribution in [0.25, 0.3) is 0 Å². The van der Waals surface area contributed by atoms with Crippen molar-refractivity contribution >= 4 is 0 Å². The van der Waals surface area contributed by atoms with Crippen LogP contribution in [0.15, 0.2) is 0 Å². The van der Waals surface area contributed by atoms with Crippen molar-refractivity contribution in [3.63, 3.8) is 0 Å². The first kappa shape index (κ1) is 9.47. The van der Waals surface area contributed by atoms with Crippen molar-refractivity contribution in [1.82, 2.24) is 4.90 Å². The van der Waals surface area contributed by atoms with Crippen LogP contribution >= 0.6 is 0 Å². The van der Waals surface area contributed by atoms with E-state index in [1.807, 2.05) is 0 Å². The fourth-order valence-corrected chi connectivity index (χ4v) is 2.25. The summed E-state index contributed by atoms with van der Waals surface area (Å²) in [5, 5.41) is 0. The molecule has 0 amide bonds. The van der Waals surface area contributed by atoms with Gasteiger partial charge in [0.05, 0.1) is 0 Å². The van der Waals surface area contributed by atoms with Gasteiger partial charge in [0.1, 0.15) is 0 Å². The maximum Gasteiger partial charge on any atom is 0.0155 e. The van der Waals surface area contributed by atoms with E-state index in [4.69, 9.17) is 5.73 Å². The normalized spacial score (nSPS) is 29.1. The second-order valence-corrected chi connectivity index (χ2v) is 5.15. The van der Waals surface area contributed by atoms with Crippen LogP contribution in [0.4, 0.5) is 0 Å². The number of hydrogen-bond acceptors (Lipinski definition) is 2. The fourth-order valence-electron chi connectivity index (χ4n) is 2.25. The molecule has 0 atom stereocenters. The van der Waals surface area contributed by atoms with Gasteiger partial charge in [-0.2, -0.15) is 0 Å². The molecule has 2 N–H and O–H groups in total. The molecule has 1 aliphatic carbocycles. The van der Waals surface area contributed by atoms with Crippen LogP contribution in [0.3, 0.4) is 0 Å². The van der Waals surface area contributed by atoms with Crippen LogP contribution in [0.2, 0.25) is 0 Å². The van der Waals surface area contributed by atoms with Crippen LogP contribution in [0, 0.1) is 5.92 Å². The van der Waals surface area contributed by atoms with Gasteiger partial charge in [-0.05, 0) is 64.6 Å². The Hall–Kier alpha value is -0.0800. The molecule has 2 aliphatic rings. The lowest BCUT2D eigenvalue weighted by molar-refractivity contribution is 0.207. The van der Waals surface area contributed by atoms with Gasteiger partial charge in [-0.15, -0.1) is 0 Å². The minimum absolute atomic E-state index is 0.281. The van der Waals surface area contributed by atoms with Crippen LogP contribution in [-0.2, 0) is 0 Å². The summed E-state index contributed by atoms with van der Waals surface area (Å²) in [5.41, 5.74) is 6.36. The molecule has 2 fully saturated rings. The van der Waals surface area contributed by atoms with E-state index in [0.717, 1.165) is 5.92 Å². The average Bonchev–Trinajstić information content (AvgIpc) is 2.84. The number of nitrogens with two attached hydrogens (primary N) is 1. The Morgan fingerprint density at radius 1 is 1.31 bits per heavy atom. The molecule has 2 nitrogen and oxygen atoms in total. The van der Waals surface area contributed by atoms with Crippen molar-refractivity contribution in [3.05, 3.63) is 0 Å². The van der Waals surface area contributed by atoms with Gasteiger partial charge < -0.3 is 10.6 Å². The van der Waals surface area contributed by atoms with Crippen molar-refractivity contribution in [2.45, 2.75) is 44.1 Å². The van der Waals surface area contributed by atoms with Crippen molar-refractivity contribution < 1.29 is 0 Å². The van der Waals surface area contributed by atoms with E-state index < -0.39 is 0 Å². The summed E-state index contributed by atoms with van der Waals surface area (Å²) in [6.45, 7) is 2.59. The lowest BCUT2D eigenvalue weighted by Crippen LogP contribution is -2.31. The van der Waals surface area contributed by atoms with E-state index in [0.29, 0.717) is 0 Å². The third kappa shape index (κ3) is 2.68. The quantitative estimate of drug-likeness (QED) is 0.718. The van der Waals surface area contributed by atoms with E-state index in [1.54, 1.807) is 0 Å². The lowest BCUT2D eigenvalue weighted by Gasteiger charge is -2.29. The van der Waals surface area contributed by atoms with Gasteiger partial charge in [0, 0.05) is 5.54 Å². The summed E-state index contributed by atoms with van der Waals surface area (Å²) in [7, 11) is 2.22. The summed E-state index contributed by atoms with van der Waals surface area (Å²) in [6.07, 6.45) is 8.00. The van der Waals surface area contributed by atoms with Gasteiger partial charge >= 0.3 is 0 Å². The maximum atomic E-state index is 6.08. The lowest BCUT2D eigenvalue weighted by atomic mass is 9.90. The van der Waals surface area contributed by atoms with E-state index in [-0.39, 0.29) is 5.54 Å². The summed E-state index contributed by atoms with van der Waals surface area (Å²) in [4.78, 5) is 2.44. The maximum absolute atomic E-state index is 6.08. The summed E-state index contributed by atoms with van der Waals surface area (Å²) < 4.78 is 0. The zero-order valence-corrected chi connectivity index (χ0v) is 8.76. The third-order valence-electron chi connectivity index (χ3n) is 3.78. The molecule has 1 aliphatic heterocycles. The number of hydrogen-bond donors (Lipinski definition) is 1. The minimum Gasteiger partial charge on any atom is -0.325 e.